The molecule has 7 heteroatoms. The molecular formula is C12H10FN5O. The van der Waals surface area contributed by atoms with Crippen molar-refractivity contribution >= 4 is 5.82 Å². The van der Waals surface area contributed by atoms with Crippen molar-refractivity contribution in [2.24, 2.45) is 0 Å². The summed E-state index contributed by atoms with van der Waals surface area (Å²) in [5.74, 6) is 0.705. The Balaban J connectivity index is 1.87. The molecule has 19 heavy (non-hydrogen) atoms. The molecule has 6 nitrogen and oxygen atoms in total. The summed E-state index contributed by atoms with van der Waals surface area (Å²) in [5.41, 5.74) is 6.70. The first-order valence-electron chi connectivity index (χ1n) is 5.59. The standard InChI is InChI=1S/C12H10FN5O/c13-9-4-2-1-3-7(9)5-10-16-12(19-18-10)8-6-15-17-11(8)14/h1-4,6H,5H2,(H3,14,15,17). The number of hydrogen-bond donors (Lipinski definition) is 2. The van der Waals surface area contributed by atoms with Gasteiger partial charge in [-0.2, -0.15) is 10.1 Å². The topological polar surface area (TPSA) is 93.6 Å². The molecule has 0 radical (unpaired) electrons. The van der Waals surface area contributed by atoms with Gasteiger partial charge in [-0.1, -0.05) is 23.4 Å². The minimum absolute atomic E-state index is 0.258. The van der Waals surface area contributed by atoms with E-state index in [4.69, 9.17) is 10.3 Å². The quantitative estimate of drug-likeness (QED) is 0.747. The van der Waals surface area contributed by atoms with Gasteiger partial charge in [-0.05, 0) is 11.6 Å². The molecule has 0 fully saturated rings. The van der Waals surface area contributed by atoms with Gasteiger partial charge < -0.3 is 10.3 Å². The van der Waals surface area contributed by atoms with Crippen molar-refractivity contribution in [3.05, 3.63) is 47.7 Å². The molecule has 3 aromatic rings. The first-order valence-corrected chi connectivity index (χ1v) is 5.59. The number of aromatic amines is 1. The van der Waals surface area contributed by atoms with E-state index in [0.29, 0.717) is 22.8 Å². The van der Waals surface area contributed by atoms with E-state index in [1.165, 1.54) is 12.3 Å². The predicted octanol–water partition coefficient (Wildman–Crippen LogP) is 1.77. The van der Waals surface area contributed by atoms with Crippen molar-refractivity contribution in [3.63, 3.8) is 0 Å². The molecule has 0 spiro atoms. The van der Waals surface area contributed by atoms with Crippen LogP contribution in [0.3, 0.4) is 0 Å². The molecule has 0 unspecified atom stereocenters. The minimum atomic E-state index is -0.295. The molecule has 1 aromatic carbocycles. The maximum Gasteiger partial charge on any atom is 0.263 e. The van der Waals surface area contributed by atoms with Crippen LogP contribution in [0.15, 0.2) is 35.0 Å². The fourth-order valence-corrected chi connectivity index (χ4v) is 1.71. The van der Waals surface area contributed by atoms with Crippen LogP contribution in [0.1, 0.15) is 11.4 Å². The summed E-state index contributed by atoms with van der Waals surface area (Å²) in [6.07, 6.45) is 1.75. The van der Waals surface area contributed by atoms with Crippen LogP contribution < -0.4 is 5.73 Å². The highest BCUT2D eigenvalue weighted by molar-refractivity contribution is 5.65. The van der Waals surface area contributed by atoms with Gasteiger partial charge in [-0.25, -0.2) is 4.39 Å². The average Bonchev–Trinajstić information content (AvgIpc) is 3.01. The molecule has 0 atom stereocenters. The second-order valence-electron chi connectivity index (χ2n) is 3.98. The first-order chi connectivity index (χ1) is 9.24. The van der Waals surface area contributed by atoms with Gasteiger partial charge in [0.25, 0.3) is 5.89 Å². The zero-order valence-electron chi connectivity index (χ0n) is 9.80. The van der Waals surface area contributed by atoms with Crippen molar-refractivity contribution in [1.29, 1.82) is 0 Å². The maximum absolute atomic E-state index is 13.5. The molecule has 3 N–H and O–H groups in total. The Kier molecular flexibility index (Phi) is 2.71. The first kappa shape index (κ1) is 11.4. The third-order valence-electron chi connectivity index (χ3n) is 2.67. The van der Waals surface area contributed by atoms with Crippen molar-refractivity contribution < 1.29 is 8.91 Å². The molecule has 96 valence electrons. The van der Waals surface area contributed by atoms with Crippen molar-refractivity contribution in [1.82, 2.24) is 20.3 Å². The zero-order chi connectivity index (χ0) is 13.2. The number of halogens is 1. The Morgan fingerprint density at radius 1 is 1.32 bits per heavy atom. The third-order valence-corrected chi connectivity index (χ3v) is 2.67. The van der Waals surface area contributed by atoms with E-state index in [2.05, 4.69) is 20.3 Å². The lowest BCUT2D eigenvalue weighted by molar-refractivity contribution is 0.423. The lowest BCUT2D eigenvalue weighted by atomic mass is 10.1. The normalized spacial score (nSPS) is 10.8. The maximum atomic E-state index is 13.5. The summed E-state index contributed by atoms with van der Waals surface area (Å²) in [4.78, 5) is 4.17. The van der Waals surface area contributed by atoms with Crippen LogP contribution in [-0.2, 0) is 6.42 Å². The number of H-pyrrole nitrogens is 1. The Hall–Kier alpha value is -2.70. The Morgan fingerprint density at radius 2 is 2.16 bits per heavy atom. The molecule has 0 aliphatic carbocycles. The number of nitrogens with one attached hydrogen (secondary N) is 1. The van der Waals surface area contributed by atoms with Gasteiger partial charge >= 0.3 is 0 Å². The number of anilines is 1. The smallest absolute Gasteiger partial charge is 0.263 e. The molecule has 2 heterocycles. The number of aromatic nitrogens is 4. The highest BCUT2D eigenvalue weighted by Gasteiger charge is 2.14. The van der Waals surface area contributed by atoms with Crippen molar-refractivity contribution in [2.45, 2.75) is 6.42 Å². The lowest BCUT2D eigenvalue weighted by Gasteiger charge is -1.97. The zero-order valence-corrected chi connectivity index (χ0v) is 9.80. The molecule has 0 saturated heterocycles. The van der Waals surface area contributed by atoms with E-state index < -0.39 is 0 Å². The van der Waals surface area contributed by atoms with Crippen LogP contribution in [0.4, 0.5) is 10.2 Å². The van der Waals surface area contributed by atoms with Crippen molar-refractivity contribution in [3.8, 4) is 11.5 Å². The SMILES string of the molecule is Nc1[nH]ncc1-c1nc(Cc2ccccc2F)no1. The Labute approximate surface area is 107 Å². The second-order valence-corrected chi connectivity index (χ2v) is 3.98. The molecule has 2 aromatic heterocycles. The molecule has 0 bridgehead atoms. The number of benzene rings is 1. The molecule has 0 aliphatic rings. The van der Waals surface area contributed by atoms with Gasteiger partial charge in [-0.15, -0.1) is 0 Å². The van der Waals surface area contributed by atoms with E-state index in [9.17, 15) is 4.39 Å². The largest absolute Gasteiger partial charge is 0.383 e. The van der Waals surface area contributed by atoms with Gasteiger partial charge in [-0.3, -0.25) is 5.10 Å². The van der Waals surface area contributed by atoms with Gasteiger partial charge in [0.15, 0.2) is 5.82 Å². The van der Waals surface area contributed by atoms with Crippen LogP contribution >= 0.6 is 0 Å². The highest BCUT2D eigenvalue weighted by atomic mass is 19.1. The lowest BCUT2D eigenvalue weighted by Crippen LogP contribution is -1.94. The summed E-state index contributed by atoms with van der Waals surface area (Å²) in [7, 11) is 0. The van der Waals surface area contributed by atoms with Crippen LogP contribution in [-0.4, -0.2) is 20.3 Å². The number of nitrogen functional groups attached to an aromatic ring is 1. The predicted molar refractivity (Wildman–Crippen MR) is 65.5 cm³/mol. The van der Waals surface area contributed by atoms with Gasteiger partial charge in [0, 0.05) is 6.42 Å². The number of nitrogens with zero attached hydrogens (tertiary/aromatic N) is 3. The van der Waals surface area contributed by atoms with Crippen LogP contribution in [0.5, 0.6) is 0 Å². The van der Waals surface area contributed by atoms with Gasteiger partial charge in [0.2, 0.25) is 0 Å². The second kappa shape index (κ2) is 4.52. The average molecular weight is 259 g/mol. The number of hydrogen-bond acceptors (Lipinski definition) is 5. The highest BCUT2D eigenvalue weighted by Crippen LogP contribution is 2.22. The molecule has 0 aliphatic heterocycles. The Morgan fingerprint density at radius 3 is 2.89 bits per heavy atom. The fraction of sp³-hybridized carbons (Fsp3) is 0.0833. The van der Waals surface area contributed by atoms with E-state index in [1.807, 2.05) is 0 Å². The minimum Gasteiger partial charge on any atom is -0.383 e. The van der Waals surface area contributed by atoms with Crippen LogP contribution in [0.25, 0.3) is 11.5 Å². The summed E-state index contributed by atoms with van der Waals surface area (Å²) in [6, 6.07) is 6.46. The molecule has 0 saturated carbocycles. The molecule has 0 amide bonds. The third kappa shape index (κ3) is 2.17. The van der Waals surface area contributed by atoms with Gasteiger partial charge in [0.1, 0.15) is 17.2 Å². The van der Waals surface area contributed by atoms with E-state index in [0.717, 1.165) is 0 Å². The molecule has 3 rings (SSSR count). The van der Waals surface area contributed by atoms with E-state index in [1.54, 1.807) is 18.2 Å². The van der Waals surface area contributed by atoms with Crippen LogP contribution in [0.2, 0.25) is 0 Å². The van der Waals surface area contributed by atoms with Crippen LogP contribution in [0, 0.1) is 5.82 Å². The summed E-state index contributed by atoms with van der Waals surface area (Å²) in [5, 5.41) is 10.1. The molecular weight excluding hydrogens is 249 g/mol. The van der Waals surface area contributed by atoms with E-state index >= 15 is 0 Å². The monoisotopic (exact) mass is 259 g/mol. The summed E-state index contributed by atoms with van der Waals surface area (Å²) >= 11 is 0. The number of nitrogens with two attached hydrogens (primary N) is 1. The summed E-state index contributed by atoms with van der Waals surface area (Å²) in [6.45, 7) is 0. The summed E-state index contributed by atoms with van der Waals surface area (Å²) < 4.78 is 18.6. The van der Waals surface area contributed by atoms with E-state index in [-0.39, 0.29) is 18.1 Å². The number of rotatable bonds is 3. The fourth-order valence-electron chi connectivity index (χ4n) is 1.71. The van der Waals surface area contributed by atoms with Gasteiger partial charge in [0.05, 0.1) is 6.20 Å². The van der Waals surface area contributed by atoms with Crippen molar-refractivity contribution in [2.75, 3.05) is 5.73 Å². The Bertz CT molecular complexity index is 705.